The Morgan fingerprint density at radius 3 is 2.24 bits per heavy atom. The summed E-state index contributed by atoms with van der Waals surface area (Å²) < 4.78 is 0. The van der Waals surface area contributed by atoms with E-state index in [9.17, 15) is 4.79 Å². The molecule has 164 valence electrons. The van der Waals surface area contributed by atoms with Gasteiger partial charge in [-0.3, -0.25) is 24.5 Å². The Balaban J connectivity index is 1.25. The van der Waals surface area contributed by atoms with E-state index in [1.807, 2.05) is 0 Å². The average molecular weight is 406 g/mol. The standard InChI is InChI=1S/C21H39N7O/c1-2-22-21(23-16-19-17-24-8-12-26(19)13-9-24)28-14-10-25(11-15-28)18-20(29)27-6-4-3-5-7-27/h19H,2-18H2,1H3,(H,22,23). The lowest BCUT2D eigenvalue weighted by molar-refractivity contribution is -0.133. The molecule has 2 bridgehead atoms. The molecule has 0 spiro atoms. The maximum Gasteiger partial charge on any atom is 0.236 e. The molecule has 0 aromatic rings. The number of nitrogens with one attached hydrogen (secondary N) is 1. The minimum absolute atomic E-state index is 0.315. The fourth-order valence-corrected chi connectivity index (χ4v) is 5.07. The lowest BCUT2D eigenvalue weighted by Crippen LogP contribution is -2.62. The van der Waals surface area contributed by atoms with Gasteiger partial charge in [-0.25, -0.2) is 0 Å². The summed E-state index contributed by atoms with van der Waals surface area (Å²) in [5.41, 5.74) is 0. The van der Waals surface area contributed by atoms with E-state index in [1.165, 1.54) is 32.6 Å². The predicted octanol–water partition coefficient (Wildman–Crippen LogP) is -0.418. The van der Waals surface area contributed by atoms with Crippen molar-refractivity contribution in [2.24, 2.45) is 4.99 Å². The van der Waals surface area contributed by atoms with Gasteiger partial charge in [0, 0.05) is 84.6 Å². The van der Waals surface area contributed by atoms with E-state index in [0.717, 1.165) is 77.7 Å². The number of piperazine rings is 4. The summed E-state index contributed by atoms with van der Waals surface area (Å²) in [4.78, 5) is 29.5. The van der Waals surface area contributed by atoms with Crippen molar-refractivity contribution in [2.45, 2.75) is 32.2 Å². The van der Waals surface area contributed by atoms with E-state index in [2.05, 4.69) is 36.7 Å². The first-order chi connectivity index (χ1) is 14.2. The zero-order valence-corrected chi connectivity index (χ0v) is 18.2. The second-order valence-corrected chi connectivity index (χ2v) is 8.89. The molecule has 5 heterocycles. The molecule has 5 aliphatic heterocycles. The molecule has 0 aromatic heterocycles. The predicted molar refractivity (Wildman–Crippen MR) is 116 cm³/mol. The molecule has 1 amide bonds. The minimum Gasteiger partial charge on any atom is -0.357 e. The molecule has 0 saturated carbocycles. The molecule has 1 unspecified atom stereocenters. The van der Waals surface area contributed by atoms with E-state index in [4.69, 9.17) is 4.99 Å². The number of aliphatic imine (C=N–C) groups is 1. The Kier molecular flexibility index (Phi) is 7.26. The molecule has 1 N–H and O–H groups in total. The van der Waals surface area contributed by atoms with E-state index in [0.29, 0.717) is 18.5 Å². The number of rotatable bonds is 5. The molecule has 5 rings (SSSR count). The van der Waals surface area contributed by atoms with Crippen LogP contribution in [0.4, 0.5) is 0 Å². The van der Waals surface area contributed by atoms with Gasteiger partial charge in [-0.15, -0.1) is 0 Å². The number of amides is 1. The number of piperidine rings is 1. The highest BCUT2D eigenvalue weighted by Gasteiger charge is 2.32. The normalized spacial score (nSPS) is 31.2. The van der Waals surface area contributed by atoms with E-state index in [-0.39, 0.29) is 0 Å². The van der Waals surface area contributed by atoms with Gasteiger partial charge in [-0.2, -0.15) is 0 Å². The average Bonchev–Trinajstić information content (AvgIpc) is 2.78. The molecule has 5 fully saturated rings. The third kappa shape index (κ3) is 5.41. The van der Waals surface area contributed by atoms with Gasteiger partial charge in [0.1, 0.15) is 0 Å². The van der Waals surface area contributed by atoms with Crippen molar-refractivity contribution in [1.29, 1.82) is 0 Å². The quantitative estimate of drug-likeness (QED) is 0.495. The highest BCUT2D eigenvalue weighted by molar-refractivity contribution is 5.80. The summed E-state index contributed by atoms with van der Waals surface area (Å²) in [6.07, 6.45) is 3.60. The first-order valence-corrected chi connectivity index (χ1v) is 11.7. The topological polar surface area (TPSA) is 57.7 Å². The van der Waals surface area contributed by atoms with Crippen LogP contribution < -0.4 is 5.32 Å². The Bertz CT molecular complexity index is 561. The SMILES string of the molecule is CCNC(=NCC1CN2CCN1CC2)N1CCN(CC(=O)N2CCCCC2)CC1. The van der Waals surface area contributed by atoms with Crippen LogP contribution in [-0.4, -0.2) is 134 Å². The largest absolute Gasteiger partial charge is 0.357 e. The second kappa shape index (κ2) is 10.1. The first-order valence-electron chi connectivity index (χ1n) is 11.7. The zero-order chi connectivity index (χ0) is 20.1. The van der Waals surface area contributed by atoms with Gasteiger partial charge in [0.25, 0.3) is 0 Å². The van der Waals surface area contributed by atoms with Gasteiger partial charge in [0.2, 0.25) is 5.91 Å². The smallest absolute Gasteiger partial charge is 0.236 e. The highest BCUT2D eigenvalue weighted by atomic mass is 16.2. The minimum atomic E-state index is 0.315. The van der Waals surface area contributed by atoms with E-state index in [1.54, 1.807) is 0 Å². The van der Waals surface area contributed by atoms with Crippen LogP contribution in [0.1, 0.15) is 26.2 Å². The monoisotopic (exact) mass is 405 g/mol. The number of carbonyl (C=O) groups excluding carboxylic acids is 1. The Labute approximate surface area is 175 Å². The van der Waals surface area contributed by atoms with Crippen LogP contribution in [0.15, 0.2) is 4.99 Å². The van der Waals surface area contributed by atoms with Gasteiger partial charge in [-0.1, -0.05) is 0 Å². The summed E-state index contributed by atoms with van der Waals surface area (Å²) >= 11 is 0. The fourth-order valence-electron chi connectivity index (χ4n) is 5.07. The van der Waals surface area contributed by atoms with Crippen LogP contribution in [0.3, 0.4) is 0 Å². The van der Waals surface area contributed by atoms with Crippen molar-refractivity contribution in [2.75, 3.05) is 91.6 Å². The number of guanidine groups is 1. The molecule has 8 nitrogen and oxygen atoms in total. The number of hydrogen-bond donors (Lipinski definition) is 1. The summed E-state index contributed by atoms with van der Waals surface area (Å²) in [5, 5.41) is 3.49. The van der Waals surface area contributed by atoms with Gasteiger partial charge in [-0.05, 0) is 26.2 Å². The fraction of sp³-hybridized carbons (Fsp3) is 0.905. The van der Waals surface area contributed by atoms with Crippen LogP contribution in [0.2, 0.25) is 0 Å². The van der Waals surface area contributed by atoms with Crippen LogP contribution in [-0.2, 0) is 4.79 Å². The molecule has 5 saturated heterocycles. The lowest BCUT2D eigenvalue weighted by Gasteiger charge is -2.47. The van der Waals surface area contributed by atoms with Crippen molar-refractivity contribution in [3.63, 3.8) is 0 Å². The Morgan fingerprint density at radius 2 is 1.62 bits per heavy atom. The summed E-state index contributed by atoms with van der Waals surface area (Å²) in [6, 6.07) is 0.564. The van der Waals surface area contributed by atoms with E-state index < -0.39 is 0 Å². The van der Waals surface area contributed by atoms with Crippen molar-refractivity contribution in [3.8, 4) is 0 Å². The molecule has 1 atom stereocenters. The zero-order valence-electron chi connectivity index (χ0n) is 18.2. The first kappa shape index (κ1) is 20.9. The third-order valence-corrected chi connectivity index (χ3v) is 6.92. The maximum atomic E-state index is 12.6. The summed E-state index contributed by atoms with van der Waals surface area (Å²) in [6.45, 7) is 16.2. The molecular weight excluding hydrogens is 366 g/mol. The Hall–Kier alpha value is -1.38. The molecule has 0 aliphatic carbocycles. The van der Waals surface area contributed by atoms with Crippen molar-refractivity contribution in [1.82, 2.24) is 29.8 Å². The third-order valence-electron chi connectivity index (χ3n) is 6.92. The maximum absolute atomic E-state index is 12.6. The number of carbonyl (C=O) groups is 1. The molecule has 8 heteroatoms. The molecule has 5 aliphatic rings. The van der Waals surface area contributed by atoms with Crippen LogP contribution in [0.5, 0.6) is 0 Å². The lowest BCUT2D eigenvalue weighted by atomic mass is 10.1. The number of likely N-dealkylation sites (tertiary alicyclic amines) is 1. The van der Waals surface area contributed by atoms with Crippen molar-refractivity contribution in [3.05, 3.63) is 0 Å². The van der Waals surface area contributed by atoms with Crippen LogP contribution >= 0.6 is 0 Å². The molecular formula is C21H39N7O. The molecule has 0 radical (unpaired) electrons. The highest BCUT2D eigenvalue weighted by Crippen LogP contribution is 2.16. The van der Waals surface area contributed by atoms with Crippen LogP contribution in [0, 0.1) is 0 Å². The Morgan fingerprint density at radius 1 is 0.897 bits per heavy atom. The molecule has 29 heavy (non-hydrogen) atoms. The second-order valence-electron chi connectivity index (χ2n) is 8.89. The summed E-state index contributed by atoms with van der Waals surface area (Å²) in [5.74, 6) is 1.36. The van der Waals surface area contributed by atoms with Gasteiger partial charge >= 0.3 is 0 Å². The van der Waals surface area contributed by atoms with Crippen LogP contribution in [0.25, 0.3) is 0 Å². The number of fused-ring (bicyclic) bond motifs is 3. The summed E-state index contributed by atoms with van der Waals surface area (Å²) in [7, 11) is 0. The number of nitrogens with zero attached hydrogens (tertiary/aromatic N) is 6. The van der Waals surface area contributed by atoms with Gasteiger partial charge in [0.15, 0.2) is 5.96 Å². The van der Waals surface area contributed by atoms with Gasteiger partial charge < -0.3 is 15.1 Å². The van der Waals surface area contributed by atoms with Crippen molar-refractivity contribution < 1.29 is 4.79 Å². The number of hydrogen-bond acceptors (Lipinski definition) is 5. The van der Waals surface area contributed by atoms with E-state index >= 15 is 0 Å². The van der Waals surface area contributed by atoms with Crippen molar-refractivity contribution >= 4 is 11.9 Å². The molecule has 0 aromatic carbocycles. The van der Waals surface area contributed by atoms with Gasteiger partial charge in [0.05, 0.1) is 13.1 Å².